The molecule has 0 fully saturated rings. The molecule has 14 heavy (non-hydrogen) atoms. The zero-order chi connectivity index (χ0) is 10.6. The highest BCUT2D eigenvalue weighted by molar-refractivity contribution is 5.62. The number of aromatic nitrogens is 1. The van der Waals surface area contributed by atoms with Gasteiger partial charge in [-0.05, 0) is 19.1 Å². The predicted molar refractivity (Wildman–Crippen MR) is 55.5 cm³/mol. The number of hydrogen-bond acceptors (Lipinski definition) is 3. The number of pyridine rings is 1. The minimum absolute atomic E-state index is 0.473. The van der Waals surface area contributed by atoms with E-state index < -0.39 is 0 Å². The molecule has 0 saturated carbocycles. The maximum Gasteiger partial charge on any atom is 0.171 e. The third-order valence-electron chi connectivity index (χ3n) is 1.55. The van der Waals surface area contributed by atoms with Crippen molar-refractivity contribution in [2.24, 2.45) is 4.99 Å². The van der Waals surface area contributed by atoms with Gasteiger partial charge in [-0.25, -0.2) is 9.98 Å². The highest BCUT2D eigenvalue weighted by Crippen LogP contribution is 2.14. The number of aryl methyl sites for hydroxylation is 1. The van der Waals surface area contributed by atoms with Crippen molar-refractivity contribution in [1.29, 1.82) is 5.26 Å². The van der Waals surface area contributed by atoms with E-state index in [9.17, 15) is 0 Å². The summed E-state index contributed by atoms with van der Waals surface area (Å²) in [7, 11) is 3.73. The molecule has 0 bridgehead atoms. The first-order valence-electron chi connectivity index (χ1n) is 4.22. The summed E-state index contributed by atoms with van der Waals surface area (Å²) in [6, 6.07) is 5.58. The molecule has 1 heterocycles. The molecular formula is C10H12N4. The molecule has 1 aromatic heterocycles. The van der Waals surface area contributed by atoms with E-state index in [-0.39, 0.29) is 0 Å². The van der Waals surface area contributed by atoms with Gasteiger partial charge in [-0.15, -0.1) is 0 Å². The van der Waals surface area contributed by atoms with E-state index in [1.165, 1.54) is 0 Å². The van der Waals surface area contributed by atoms with Crippen LogP contribution in [-0.4, -0.2) is 30.3 Å². The van der Waals surface area contributed by atoms with Gasteiger partial charge in [-0.2, -0.15) is 5.26 Å². The van der Waals surface area contributed by atoms with Crippen molar-refractivity contribution in [3.8, 4) is 6.07 Å². The lowest BCUT2D eigenvalue weighted by Gasteiger charge is -2.03. The normalized spacial score (nSPS) is 10.1. The molecule has 1 aromatic rings. The average Bonchev–Trinajstić information content (AvgIpc) is 2.15. The molecule has 0 atom stereocenters. The van der Waals surface area contributed by atoms with Crippen LogP contribution < -0.4 is 0 Å². The molecule has 0 spiro atoms. The topological polar surface area (TPSA) is 52.3 Å². The molecule has 0 aliphatic heterocycles. The van der Waals surface area contributed by atoms with Gasteiger partial charge < -0.3 is 4.90 Å². The first kappa shape index (κ1) is 10.2. The van der Waals surface area contributed by atoms with Gasteiger partial charge in [0.1, 0.15) is 6.07 Å². The Morgan fingerprint density at radius 2 is 2.21 bits per heavy atom. The van der Waals surface area contributed by atoms with Crippen LogP contribution in [0.5, 0.6) is 0 Å². The van der Waals surface area contributed by atoms with E-state index in [4.69, 9.17) is 5.26 Å². The van der Waals surface area contributed by atoms with Crippen LogP contribution in [0.4, 0.5) is 5.82 Å². The molecule has 0 aliphatic rings. The molecule has 72 valence electrons. The van der Waals surface area contributed by atoms with Crippen molar-refractivity contribution in [3.05, 3.63) is 23.4 Å². The average molecular weight is 188 g/mol. The Bertz CT molecular complexity index is 388. The molecule has 0 radical (unpaired) electrons. The maximum absolute atomic E-state index is 8.80. The fourth-order valence-corrected chi connectivity index (χ4v) is 0.899. The molecule has 0 aliphatic carbocycles. The molecule has 4 nitrogen and oxygen atoms in total. The van der Waals surface area contributed by atoms with Crippen molar-refractivity contribution in [1.82, 2.24) is 9.88 Å². The lowest BCUT2D eigenvalue weighted by molar-refractivity contribution is 0.643. The highest BCUT2D eigenvalue weighted by atomic mass is 15.1. The van der Waals surface area contributed by atoms with E-state index in [0.29, 0.717) is 11.4 Å². The van der Waals surface area contributed by atoms with Crippen molar-refractivity contribution < 1.29 is 0 Å². The van der Waals surface area contributed by atoms with Gasteiger partial charge in [-0.3, -0.25) is 0 Å². The lowest BCUT2D eigenvalue weighted by atomic mass is 10.2. The van der Waals surface area contributed by atoms with Gasteiger partial charge >= 0.3 is 0 Å². The third-order valence-corrected chi connectivity index (χ3v) is 1.55. The number of hydrogen-bond donors (Lipinski definition) is 0. The summed E-state index contributed by atoms with van der Waals surface area (Å²) in [6.07, 6.45) is 1.63. The van der Waals surface area contributed by atoms with Crippen LogP contribution in [-0.2, 0) is 0 Å². The second-order valence-corrected chi connectivity index (χ2v) is 3.14. The van der Waals surface area contributed by atoms with E-state index in [1.807, 2.05) is 21.0 Å². The summed E-state index contributed by atoms with van der Waals surface area (Å²) >= 11 is 0. The Kier molecular flexibility index (Phi) is 3.19. The van der Waals surface area contributed by atoms with Gasteiger partial charge in [0.15, 0.2) is 5.82 Å². The summed E-state index contributed by atoms with van der Waals surface area (Å²) in [6.45, 7) is 1.87. The first-order chi connectivity index (χ1) is 6.63. The van der Waals surface area contributed by atoms with E-state index in [2.05, 4.69) is 16.0 Å². The van der Waals surface area contributed by atoms with Gasteiger partial charge in [0.2, 0.25) is 0 Å². The maximum atomic E-state index is 8.80. The van der Waals surface area contributed by atoms with Crippen LogP contribution in [0.1, 0.15) is 11.3 Å². The van der Waals surface area contributed by atoms with Crippen molar-refractivity contribution in [3.63, 3.8) is 0 Å². The SMILES string of the molecule is Cc1ccc(C#N)c(/N=C\N(C)C)n1. The Morgan fingerprint density at radius 3 is 2.79 bits per heavy atom. The number of nitrogens with zero attached hydrogens (tertiary/aromatic N) is 4. The van der Waals surface area contributed by atoms with Crippen LogP contribution in [0.3, 0.4) is 0 Å². The third kappa shape index (κ3) is 2.56. The Morgan fingerprint density at radius 1 is 1.50 bits per heavy atom. The summed E-state index contributed by atoms with van der Waals surface area (Å²) in [5.41, 5.74) is 1.35. The summed E-state index contributed by atoms with van der Waals surface area (Å²) in [5.74, 6) is 0.473. The minimum atomic E-state index is 0.473. The van der Waals surface area contributed by atoms with Gasteiger partial charge in [0.25, 0.3) is 0 Å². The smallest absolute Gasteiger partial charge is 0.171 e. The van der Waals surface area contributed by atoms with Crippen LogP contribution >= 0.6 is 0 Å². The van der Waals surface area contributed by atoms with Crippen molar-refractivity contribution >= 4 is 12.2 Å². The quantitative estimate of drug-likeness (QED) is 0.522. The number of nitriles is 1. The monoisotopic (exact) mass is 188 g/mol. The van der Waals surface area contributed by atoms with Gasteiger partial charge in [-0.1, -0.05) is 0 Å². The molecular weight excluding hydrogens is 176 g/mol. The molecule has 0 aromatic carbocycles. The molecule has 0 N–H and O–H groups in total. The van der Waals surface area contributed by atoms with Crippen LogP contribution in [0.2, 0.25) is 0 Å². The second kappa shape index (κ2) is 4.38. The Balaban J connectivity index is 3.06. The van der Waals surface area contributed by atoms with E-state index >= 15 is 0 Å². The molecule has 0 saturated heterocycles. The van der Waals surface area contributed by atoms with Crippen molar-refractivity contribution in [2.75, 3.05) is 14.1 Å². The number of rotatable bonds is 2. The van der Waals surface area contributed by atoms with Gasteiger partial charge in [0, 0.05) is 19.8 Å². The highest BCUT2D eigenvalue weighted by Gasteiger charge is 2.00. The fraction of sp³-hybridized carbons (Fsp3) is 0.300. The van der Waals surface area contributed by atoms with E-state index in [1.54, 1.807) is 23.4 Å². The molecule has 1 rings (SSSR count). The fourth-order valence-electron chi connectivity index (χ4n) is 0.899. The van der Waals surface area contributed by atoms with Crippen LogP contribution in [0.25, 0.3) is 0 Å². The molecule has 0 unspecified atom stereocenters. The number of aliphatic imine (C=N–C) groups is 1. The zero-order valence-corrected chi connectivity index (χ0v) is 8.52. The summed E-state index contributed by atoms with van der Waals surface area (Å²) in [4.78, 5) is 10.1. The van der Waals surface area contributed by atoms with Crippen LogP contribution in [0, 0.1) is 18.3 Å². The Labute approximate surface area is 83.5 Å². The molecule has 4 heteroatoms. The second-order valence-electron chi connectivity index (χ2n) is 3.14. The standard InChI is InChI=1S/C10H12N4/c1-8-4-5-9(6-11)10(13-8)12-7-14(2)3/h4-5,7H,1-3H3/b12-7-. The summed E-state index contributed by atoms with van der Waals surface area (Å²) in [5, 5.41) is 8.80. The molecule has 0 amide bonds. The van der Waals surface area contributed by atoms with Crippen molar-refractivity contribution in [2.45, 2.75) is 6.92 Å². The predicted octanol–water partition coefficient (Wildman–Crippen LogP) is 1.48. The first-order valence-corrected chi connectivity index (χ1v) is 4.22. The van der Waals surface area contributed by atoms with Gasteiger partial charge in [0.05, 0.1) is 11.9 Å². The summed E-state index contributed by atoms with van der Waals surface area (Å²) < 4.78 is 0. The van der Waals surface area contributed by atoms with Crippen LogP contribution in [0.15, 0.2) is 17.1 Å². The minimum Gasteiger partial charge on any atom is -0.369 e. The largest absolute Gasteiger partial charge is 0.369 e. The lowest BCUT2D eigenvalue weighted by Crippen LogP contribution is -2.07. The zero-order valence-electron chi connectivity index (χ0n) is 8.52. The Hall–Kier alpha value is -1.89. The van der Waals surface area contributed by atoms with E-state index in [0.717, 1.165) is 5.69 Å².